The highest BCUT2D eigenvalue weighted by Gasteiger charge is 2.33. The summed E-state index contributed by atoms with van der Waals surface area (Å²) in [6.45, 7) is 6.64. The maximum atomic E-state index is 12.5. The predicted molar refractivity (Wildman–Crippen MR) is 117 cm³/mol. The van der Waals surface area contributed by atoms with Gasteiger partial charge in [-0.3, -0.25) is 4.79 Å². The van der Waals surface area contributed by atoms with Crippen LogP contribution in [-0.2, 0) is 29.0 Å². The number of carbonyl (C=O) groups excluding carboxylic acids is 1. The van der Waals surface area contributed by atoms with E-state index in [0.29, 0.717) is 48.3 Å². The van der Waals surface area contributed by atoms with Crippen LogP contribution in [0.15, 0.2) is 35.5 Å². The van der Waals surface area contributed by atoms with E-state index in [4.69, 9.17) is 9.47 Å². The monoisotopic (exact) mass is 436 g/mol. The van der Waals surface area contributed by atoms with E-state index in [9.17, 15) is 10.1 Å². The van der Waals surface area contributed by atoms with Crippen molar-refractivity contribution in [3.8, 4) is 11.9 Å². The number of hydrogen-bond donors (Lipinski definition) is 0. The number of pyridine rings is 1. The average Bonchev–Trinajstić information content (AvgIpc) is 3.16. The van der Waals surface area contributed by atoms with Crippen molar-refractivity contribution in [2.45, 2.75) is 51.0 Å². The third-order valence-electron chi connectivity index (χ3n) is 5.20. The smallest absolute Gasteiger partial charge is 0.220 e. The largest absolute Gasteiger partial charge is 0.478 e. The number of fused-ring (bicyclic) bond motifs is 3. The number of ketones is 1. The molecule has 0 aliphatic carbocycles. The maximum Gasteiger partial charge on any atom is 0.220 e. The lowest BCUT2D eigenvalue weighted by Crippen LogP contribution is -2.33. The van der Waals surface area contributed by atoms with Gasteiger partial charge in [0, 0.05) is 18.4 Å². The minimum absolute atomic E-state index is 0.0921. The van der Waals surface area contributed by atoms with Gasteiger partial charge < -0.3 is 9.47 Å². The normalized spacial score (nSPS) is 14.8. The fraction of sp³-hybridized carbons (Fsp3) is 0.391. The number of benzene rings is 1. The highest BCUT2D eigenvalue weighted by Crippen LogP contribution is 2.38. The molecule has 2 aromatic heterocycles. The zero-order chi connectivity index (χ0) is 22.0. The van der Waals surface area contributed by atoms with Crippen molar-refractivity contribution in [1.29, 1.82) is 5.26 Å². The van der Waals surface area contributed by atoms with Crippen LogP contribution in [0.25, 0.3) is 5.65 Å². The summed E-state index contributed by atoms with van der Waals surface area (Å²) in [5.74, 6) is 0.776. The molecule has 0 fully saturated rings. The summed E-state index contributed by atoms with van der Waals surface area (Å²) in [6, 6.07) is 12.0. The maximum absolute atomic E-state index is 12.5. The molecule has 4 rings (SSSR count). The van der Waals surface area contributed by atoms with Gasteiger partial charge in [-0.2, -0.15) is 5.26 Å². The molecule has 7 nitrogen and oxygen atoms in total. The summed E-state index contributed by atoms with van der Waals surface area (Å²) >= 11 is 1.30. The Morgan fingerprint density at radius 2 is 2.06 bits per heavy atom. The first-order valence-electron chi connectivity index (χ1n) is 10.2. The minimum Gasteiger partial charge on any atom is -0.478 e. The molecular formula is C23H24N4O3S. The number of ether oxygens (including phenoxy) is 2. The zero-order valence-electron chi connectivity index (χ0n) is 17.8. The Bertz CT molecular complexity index is 1170. The summed E-state index contributed by atoms with van der Waals surface area (Å²) in [4.78, 5) is 12.5. The van der Waals surface area contributed by atoms with Crippen LogP contribution in [0.4, 0.5) is 0 Å². The number of Topliss-reactive ketones (excluding diaryl/α,β-unsaturated/α-hetero) is 1. The molecule has 0 saturated carbocycles. The van der Waals surface area contributed by atoms with Gasteiger partial charge in [0.05, 0.1) is 24.6 Å². The first-order chi connectivity index (χ1) is 14.9. The first kappa shape index (κ1) is 21.3. The minimum atomic E-state index is -0.373. The van der Waals surface area contributed by atoms with Gasteiger partial charge in [0.2, 0.25) is 5.88 Å². The average molecular weight is 437 g/mol. The number of hydrogen-bond acceptors (Lipinski definition) is 7. The molecule has 1 aliphatic rings. The molecule has 8 heteroatoms. The second kappa shape index (κ2) is 8.69. The van der Waals surface area contributed by atoms with Crippen molar-refractivity contribution in [2.24, 2.45) is 0 Å². The van der Waals surface area contributed by atoms with E-state index in [1.54, 1.807) is 4.40 Å². The Morgan fingerprint density at radius 3 is 2.77 bits per heavy atom. The molecule has 3 aromatic rings. The highest BCUT2D eigenvalue weighted by molar-refractivity contribution is 7.99. The lowest BCUT2D eigenvalue weighted by Gasteiger charge is -2.32. The number of nitriles is 1. The summed E-state index contributed by atoms with van der Waals surface area (Å²) in [7, 11) is 0. The Kier molecular flexibility index (Phi) is 5.99. The topological polar surface area (TPSA) is 89.5 Å². The Labute approximate surface area is 185 Å². The van der Waals surface area contributed by atoms with Gasteiger partial charge in [-0.15, -0.1) is 10.2 Å². The van der Waals surface area contributed by atoms with Crippen molar-refractivity contribution >= 4 is 23.2 Å². The van der Waals surface area contributed by atoms with Crippen LogP contribution >= 0.6 is 11.8 Å². The molecular weight excluding hydrogens is 412 g/mol. The van der Waals surface area contributed by atoms with Crippen LogP contribution in [0, 0.1) is 11.3 Å². The summed E-state index contributed by atoms with van der Waals surface area (Å²) < 4.78 is 13.6. The van der Waals surface area contributed by atoms with Crippen LogP contribution in [0.2, 0.25) is 0 Å². The predicted octanol–water partition coefficient (Wildman–Crippen LogP) is 3.75. The third-order valence-corrected chi connectivity index (χ3v) is 6.18. The van der Waals surface area contributed by atoms with E-state index in [-0.39, 0.29) is 17.1 Å². The van der Waals surface area contributed by atoms with Gasteiger partial charge in [0.25, 0.3) is 0 Å². The summed E-state index contributed by atoms with van der Waals surface area (Å²) in [5, 5.41) is 19.2. The van der Waals surface area contributed by atoms with Crippen molar-refractivity contribution in [3.05, 3.63) is 52.6 Å². The van der Waals surface area contributed by atoms with E-state index in [0.717, 1.165) is 16.7 Å². The number of rotatable bonds is 7. The standard InChI is InChI=1S/C23H24N4O3S/c1-4-29-21-18(12-24)17-11-23(2,3)30-13-19(17)20-25-26-22(27(20)21)31-14-16(28)10-15-8-6-5-7-9-15/h5-9H,4,10-11,13-14H2,1-3H3. The molecule has 160 valence electrons. The third kappa shape index (κ3) is 4.29. The van der Waals surface area contributed by atoms with Crippen LogP contribution in [0.1, 0.15) is 43.0 Å². The molecule has 1 aliphatic heterocycles. The quantitative estimate of drug-likeness (QED) is 0.521. The van der Waals surface area contributed by atoms with Crippen LogP contribution < -0.4 is 4.74 Å². The Morgan fingerprint density at radius 1 is 1.29 bits per heavy atom. The molecule has 0 unspecified atom stereocenters. The molecule has 31 heavy (non-hydrogen) atoms. The van der Waals surface area contributed by atoms with Gasteiger partial charge in [-0.05, 0) is 31.9 Å². The lowest BCUT2D eigenvalue weighted by atomic mass is 9.89. The zero-order valence-corrected chi connectivity index (χ0v) is 18.7. The summed E-state index contributed by atoms with van der Waals surface area (Å²) in [5.41, 5.74) is 3.47. The molecule has 0 saturated heterocycles. The van der Waals surface area contributed by atoms with Gasteiger partial charge >= 0.3 is 0 Å². The molecule has 3 heterocycles. The first-order valence-corrected chi connectivity index (χ1v) is 11.2. The van der Waals surface area contributed by atoms with Crippen LogP contribution in [-0.4, -0.2) is 38.3 Å². The second-order valence-electron chi connectivity index (χ2n) is 8.04. The number of thioether (sulfide) groups is 1. The number of nitrogens with zero attached hydrogens (tertiary/aromatic N) is 4. The second-order valence-corrected chi connectivity index (χ2v) is 8.98. The SMILES string of the molecule is CCOc1c(C#N)c2c(c3nnc(SCC(=O)Cc4ccccc4)n13)COC(C)(C)C2. The van der Waals surface area contributed by atoms with Crippen molar-refractivity contribution in [1.82, 2.24) is 14.6 Å². The molecule has 0 amide bonds. The van der Waals surface area contributed by atoms with E-state index in [1.165, 1.54) is 11.8 Å². The fourth-order valence-corrected chi connectivity index (χ4v) is 4.56. The Hall–Kier alpha value is -2.89. The van der Waals surface area contributed by atoms with Gasteiger partial charge in [0.15, 0.2) is 10.8 Å². The molecule has 0 N–H and O–H groups in total. The molecule has 1 aromatic carbocycles. The van der Waals surface area contributed by atoms with E-state index in [2.05, 4.69) is 16.3 Å². The molecule has 0 bridgehead atoms. The van der Waals surface area contributed by atoms with Crippen molar-refractivity contribution in [2.75, 3.05) is 12.4 Å². The van der Waals surface area contributed by atoms with Crippen LogP contribution in [0.3, 0.4) is 0 Å². The lowest BCUT2D eigenvalue weighted by molar-refractivity contribution is -0.116. The van der Waals surface area contributed by atoms with Gasteiger partial charge in [-0.25, -0.2) is 4.40 Å². The molecule has 0 radical (unpaired) electrons. The van der Waals surface area contributed by atoms with E-state index >= 15 is 0 Å². The van der Waals surface area contributed by atoms with Crippen molar-refractivity contribution < 1.29 is 14.3 Å². The van der Waals surface area contributed by atoms with E-state index < -0.39 is 0 Å². The molecule has 0 atom stereocenters. The fourth-order valence-electron chi connectivity index (χ4n) is 3.77. The van der Waals surface area contributed by atoms with Gasteiger partial charge in [-0.1, -0.05) is 42.1 Å². The number of aromatic nitrogens is 3. The number of carbonyl (C=O) groups is 1. The van der Waals surface area contributed by atoms with Crippen molar-refractivity contribution in [3.63, 3.8) is 0 Å². The summed E-state index contributed by atoms with van der Waals surface area (Å²) in [6.07, 6.45) is 0.956. The van der Waals surface area contributed by atoms with Crippen LogP contribution in [0.5, 0.6) is 5.88 Å². The molecule has 0 spiro atoms. The van der Waals surface area contributed by atoms with Gasteiger partial charge in [0.1, 0.15) is 17.4 Å². The highest BCUT2D eigenvalue weighted by atomic mass is 32.2. The van der Waals surface area contributed by atoms with E-state index in [1.807, 2.05) is 51.1 Å². The Balaban J connectivity index is 1.69.